The van der Waals surface area contributed by atoms with E-state index in [4.69, 9.17) is 9.47 Å². The Bertz CT molecular complexity index is 1000. The van der Waals surface area contributed by atoms with Gasteiger partial charge < -0.3 is 25.0 Å². The van der Waals surface area contributed by atoms with Crippen molar-refractivity contribution in [1.29, 1.82) is 0 Å². The molecule has 0 aromatic heterocycles. The molecule has 2 aromatic rings. The minimum atomic E-state index is -0.127. The zero-order chi connectivity index (χ0) is 22.3. The molecule has 0 unspecified atom stereocenters. The summed E-state index contributed by atoms with van der Waals surface area (Å²) < 4.78 is 11.1. The third-order valence-electron chi connectivity index (χ3n) is 5.48. The molecular formula is C24H27N3O5. The average Bonchev–Trinajstić information content (AvgIpc) is 2.82. The molecule has 0 bridgehead atoms. The molecule has 0 saturated carbocycles. The maximum atomic E-state index is 12.6. The number of anilines is 2. The number of carbonyl (C=O) groups is 3. The number of hydrogen-bond donors (Lipinski definition) is 2. The standard InChI is InChI=1S/C24H27N3O5/c28-22(5-2-12-32-20-7-8-21-17(16-20)6-9-23(29)26-21)25-19-4-1-3-18(15-19)24(30)27-10-13-31-14-11-27/h1,3-4,7-8,15-16H,2,5-6,9-14H2,(H,25,28)(H,26,29). The summed E-state index contributed by atoms with van der Waals surface area (Å²) >= 11 is 0. The summed E-state index contributed by atoms with van der Waals surface area (Å²) in [4.78, 5) is 38.1. The lowest BCUT2D eigenvalue weighted by Gasteiger charge is -2.27. The lowest BCUT2D eigenvalue weighted by Crippen LogP contribution is -2.40. The number of carbonyl (C=O) groups excluding carboxylic acids is 3. The molecule has 2 aliphatic heterocycles. The first-order valence-corrected chi connectivity index (χ1v) is 10.9. The first kappa shape index (κ1) is 21.8. The SMILES string of the molecule is O=C(CCCOc1ccc2c(c1)CCC(=O)N2)Nc1cccc(C(=O)N2CCOCC2)c1. The lowest BCUT2D eigenvalue weighted by molar-refractivity contribution is -0.117. The number of benzene rings is 2. The Labute approximate surface area is 186 Å². The number of aryl methyl sites for hydroxylation is 1. The van der Waals surface area contributed by atoms with E-state index in [9.17, 15) is 14.4 Å². The Hall–Kier alpha value is -3.39. The van der Waals surface area contributed by atoms with Crippen LogP contribution in [0.15, 0.2) is 42.5 Å². The van der Waals surface area contributed by atoms with Gasteiger partial charge in [-0.1, -0.05) is 6.07 Å². The first-order chi connectivity index (χ1) is 15.6. The summed E-state index contributed by atoms with van der Waals surface area (Å²) in [5.74, 6) is 0.586. The molecular weight excluding hydrogens is 410 g/mol. The van der Waals surface area contributed by atoms with Crippen molar-refractivity contribution in [3.8, 4) is 5.75 Å². The minimum Gasteiger partial charge on any atom is -0.494 e. The van der Waals surface area contributed by atoms with E-state index in [0.29, 0.717) is 69.8 Å². The molecule has 4 rings (SSSR count). The Morgan fingerprint density at radius 3 is 2.78 bits per heavy atom. The van der Waals surface area contributed by atoms with E-state index in [1.54, 1.807) is 29.2 Å². The fourth-order valence-electron chi connectivity index (χ4n) is 3.77. The van der Waals surface area contributed by atoms with Crippen LogP contribution in [0, 0.1) is 0 Å². The molecule has 168 valence electrons. The fraction of sp³-hybridized carbons (Fsp3) is 0.375. The van der Waals surface area contributed by atoms with E-state index in [1.807, 2.05) is 18.2 Å². The maximum absolute atomic E-state index is 12.6. The topological polar surface area (TPSA) is 97.0 Å². The van der Waals surface area contributed by atoms with Gasteiger partial charge in [0.1, 0.15) is 5.75 Å². The molecule has 2 N–H and O–H groups in total. The van der Waals surface area contributed by atoms with Gasteiger partial charge in [-0.15, -0.1) is 0 Å². The summed E-state index contributed by atoms with van der Waals surface area (Å²) in [7, 11) is 0. The number of nitrogens with zero attached hydrogens (tertiary/aromatic N) is 1. The third kappa shape index (κ3) is 5.64. The molecule has 0 spiro atoms. The van der Waals surface area contributed by atoms with Gasteiger partial charge in [-0.25, -0.2) is 0 Å². The van der Waals surface area contributed by atoms with Crippen molar-refractivity contribution >= 4 is 29.1 Å². The summed E-state index contributed by atoms with van der Waals surface area (Å²) in [5, 5.41) is 5.70. The van der Waals surface area contributed by atoms with E-state index in [-0.39, 0.29) is 17.7 Å². The molecule has 0 aliphatic carbocycles. The van der Waals surface area contributed by atoms with Crippen LogP contribution >= 0.6 is 0 Å². The van der Waals surface area contributed by atoms with Crippen molar-refractivity contribution < 1.29 is 23.9 Å². The highest BCUT2D eigenvalue weighted by atomic mass is 16.5. The summed E-state index contributed by atoms with van der Waals surface area (Å²) in [6.07, 6.45) is 2.05. The van der Waals surface area contributed by atoms with Crippen molar-refractivity contribution in [3.05, 3.63) is 53.6 Å². The maximum Gasteiger partial charge on any atom is 0.254 e. The second-order valence-corrected chi connectivity index (χ2v) is 7.85. The molecule has 2 aromatic carbocycles. The van der Waals surface area contributed by atoms with Gasteiger partial charge in [-0.05, 0) is 54.8 Å². The number of morpholine rings is 1. The number of hydrogen-bond acceptors (Lipinski definition) is 5. The lowest BCUT2D eigenvalue weighted by atomic mass is 10.0. The molecule has 8 heteroatoms. The average molecular weight is 437 g/mol. The summed E-state index contributed by atoms with van der Waals surface area (Å²) in [6.45, 7) is 2.66. The van der Waals surface area contributed by atoms with Gasteiger partial charge in [0, 0.05) is 42.9 Å². The van der Waals surface area contributed by atoms with Gasteiger partial charge in [0.05, 0.1) is 19.8 Å². The molecule has 2 heterocycles. The molecule has 8 nitrogen and oxygen atoms in total. The fourth-order valence-corrected chi connectivity index (χ4v) is 3.77. The van der Waals surface area contributed by atoms with Gasteiger partial charge in [-0.2, -0.15) is 0 Å². The van der Waals surface area contributed by atoms with Crippen LogP contribution in [0.2, 0.25) is 0 Å². The Morgan fingerprint density at radius 2 is 1.94 bits per heavy atom. The number of rotatable bonds is 7. The van der Waals surface area contributed by atoms with Crippen molar-refractivity contribution in [2.24, 2.45) is 0 Å². The van der Waals surface area contributed by atoms with Crippen molar-refractivity contribution in [2.75, 3.05) is 43.5 Å². The Kier molecular flexibility index (Phi) is 7.01. The monoisotopic (exact) mass is 437 g/mol. The summed E-state index contributed by atoms with van der Waals surface area (Å²) in [6, 6.07) is 12.6. The van der Waals surface area contributed by atoms with E-state index in [1.165, 1.54) is 0 Å². The molecule has 0 radical (unpaired) electrons. The van der Waals surface area contributed by atoms with Crippen LogP contribution in [0.5, 0.6) is 5.75 Å². The highest BCUT2D eigenvalue weighted by molar-refractivity contribution is 5.97. The Morgan fingerprint density at radius 1 is 1.09 bits per heavy atom. The zero-order valence-corrected chi connectivity index (χ0v) is 17.9. The van der Waals surface area contributed by atoms with E-state index >= 15 is 0 Å². The van der Waals surface area contributed by atoms with Crippen LogP contribution in [-0.4, -0.2) is 55.5 Å². The predicted octanol–water partition coefficient (Wildman–Crippen LogP) is 2.84. The van der Waals surface area contributed by atoms with Crippen molar-refractivity contribution in [2.45, 2.75) is 25.7 Å². The smallest absolute Gasteiger partial charge is 0.254 e. The van der Waals surface area contributed by atoms with Crippen molar-refractivity contribution in [3.63, 3.8) is 0 Å². The van der Waals surface area contributed by atoms with Gasteiger partial charge in [0.2, 0.25) is 11.8 Å². The molecule has 2 aliphatic rings. The van der Waals surface area contributed by atoms with E-state index in [2.05, 4.69) is 10.6 Å². The van der Waals surface area contributed by atoms with Crippen LogP contribution in [0.3, 0.4) is 0 Å². The van der Waals surface area contributed by atoms with Crippen molar-refractivity contribution in [1.82, 2.24) is 4.90 Å². The number of fused-ring (bicyclic) bond motifs is 1. The third-order valence-corrected chi connectivity index (χ3v) is 5.48. The second-order valence-electron chi connectivity index (χ2n) is 7.85. The van der Waals surface area contributed by atoms with Gasteiger partial charge in [0.25, 0.3) is 5.91 Å². The second kappa shape index (κ2) is 10.3. The summed E-state index contributed by atoms with van der Waals surface area (Å²) in [5.41, 5.74) is 3.05. The molecule has 1 saturated heterocycles. The van der Waals surface area contributed by atoms with Gasteiger partial charge >= 0.3 is 0 Å². The van der Waals surface area contributed by atoms with E-state index in [0.717, 1.165) is 17.0 Å². The van der Waals surface area contributed by atoms with Gasteiger partial charge in [-0.3, -0.25) is 14.4 Å². The zero-order valence-electron chi connectivity index (χ0n) is 17.9. The number of nitrogens with one attached hydrogen (secondary N) is 2. The quantitative estimate of drug-likeness (QED) is 0.650. The highest BCUT2D eigenvalue weighted by Crippen LogP contribution is 2.27. The first-order valence-electron chi connectivity index (χ1n) is 10.9. The van der Waals surface area contributed by atoms with Crippen LogP contribution in [0.4, 0.5) is 11.4 Å². The highest BCUT2D eigenvalue weighted by Gasteiger charge is 2.19. The number of ether oxygens (including phenoxy) is 2. The van der Waals surface area contributed by atoms with E-state index < -0.39 is 0 Å². The predicted molar refractivity (Wildman–Crippen MR) is 120 cm³/mol. The molecule has 3 amide bonds. The minimum absolute atomic E-state index is 0.0354. The van der Waals surface area contributed by atoms with Crippen LogP contribution in [0.25, 0.3) is 0 Å². The normalized spacial score (nSPS) is 15.5. The van der Waals surface area contributed by atoms with Crippen LogP contribution < -0.4 is 15.4 Å². The Balaban J connectivity index is 1.22. The van der Waals surface area contributed by atoms with Crippen LogP contribution in [-0.2, 0) is 20.7 Å². The largest absolute Gasteiger partial charge is 0.494 e. The molecule has 32 heavy (non-hydrogen) atoms. The van der Waals surface area contributed by atoms with Crippen LogP contribution in [0.1, 0.15) is 35.2 Å². The van der Waals surface area contributed by atoms with Gasteiger partial charge in [0.15, 0.2) is 0 Å². The molecule has 1 fully saturated rings. The molecule has 0 atom stereocenters. The number of amides is 3.